The van der Waals surface area contributed by atoms with Crippen molar-refractivity contribution in [1.82, 2.24) is 5.32 Å². The van der Waals surface area contributed by atoms with Crippen LogP contribution in [0.15, 0.2) is 24.3 Å². The van der Waals surface area contributed by atoms with Crippen LogP contribution in [0.25, 0.3) is 0 Å². The summed E-state index contributed by atoms with van der Waals surface area (Å²) in [7, 11) is 0. The fourth-order valence-electron chi connectivity index (χ4n) is 1.53. The Balaban J connectivity index is 2.45. The Labute approximate surface area is 133 Å². The summed E-state index contributed by atoms with van der Waals surface area (Å²) in [5.41, 5.74) is 6.43. The maximum Gasteiger partial charge on any atom is 0.321 e. The number of hydrogen-bond acceptors (Lipinski definition) is 4. The van der Waals surface area contributed by atoms with Crippen molar-refractivity contribution < 1.29 is 14.7 Å². The van der Waals surface area contributed by atoms with Gasteiger partial charge in [0.2, 0.25) is 5.91 Å². The SMILES string of the molecule is CC(C)(SCC(=O)NCc1ccccc1Cl)[C@H](N)C(=O)O. The van der Waals surface area contributed by atoms with Gasteiger partial charge in [-0.15, -0.1) is 11.8 Å². The van der Waals surface area contributed by atoms with Gasteiger partial charge in [0, 0.05) is 16.3 Å². The van der Waals surface area contributed by atoms with Gasteiger partial charge in [0.05, 0.1) is 5.75 Å². The highest BCUT2D eigenvalue weighted by Gasteiger charge is 2.33. The smallest absolute Gasteiger partial charge is 0.321 e. The quantitative estimate of drug-likeness (QED) is 0.710. The van der Waals surface area contributed by atoms with Gasteiger partial charge in [-0.3, -0.25) is 9.59 Å². The van der Waals surface area contributed by atoms with Crippen LogP contribution in [-0.4, -0.2) is 33.5 Å². The van der Waals surface area contributed by atoms with Crippen LogP contribution in [0.4, 0.5) is 0 Å². The second kappa shape index (κ2) is 7.68. The van der Waals surface area contributed by atoms with Crippen LogP contribution < -0.4 is 11.1 Å². The standard InChI is InChI=1S/C14H19ClN2O3S/c1-14(2,12(16)13(19)20)21-8-11(18)17-7-9-5-3-4-6-10(9)15/h3-6,12H,7-8,16H2,1-2H3,(H,17,18)(H,19,20)/t12-/m1/s1. The van der Waals surface area contributed by atoms with Gasteiger partial charge >= 0.3 is 5.97 Å². The molecule has 0 radical (unpaired) electrons. The predicted molar refractivity (Wildman–Crippen MR) is 85.4 cm³/mol. The molecule has 0 aliphatic carbocycles. The average Bonchev–Trinajstić information content (AvgIpc) is 2.43. The predicted octanol–water partition coefficient (Wildman–Crippen LogP) is 1.88. The second-order valence-corrected chi connectivity index (χ2v) is 7.11. The van der Waals surface area contributed by atoms with Crippen molar-refractivity contribution in [2.75, 3.05) is 5.75 Å². The van der Waals surface area contributed by atoms with Gasteiger partial charge in [0.25, 0.3) is 0 Å². The molecule has 0 saturated heterocycles. The number of nitrogens with two attached hydrogens (primary N) is 1. The van der Waals surface area contributed by atoms with Crippen molar-refractivity contribution in [2.24, 2.45) is 5.73 Å². The Morgan fingerprint density at radius 2 is 2.05 bits per heavy atom. The van der Waals surface area contributed by atoms with E-state index in [0.717, 1.165) is 5.56 Å². The highest BCUT2D eigenvalue weighted by Crippen LogP contribution is 2.27. The number of carboxylic acids is 1. The minimum absolute atomic E-state index is 0.137. The molecule has 0 aliphatic heterocycles. The Hall–Kier alpha value is -1.24. The average molecular weight is 331 g/mol. The summed E-state index contributed by atoms with van der Waals surface area (Å²) in [6.07, 6.45) is 0. The van der Waals surface area contributed by atoms with Gasteiger partial charge in [-0.2, -0.15) is 0 Å². The van der Waals surface area contributed by atoms with E-state index in [1.165, 1.54) is 11.8 Å². The van der Waals surface area contributed by atoms with Gasteiger partial charge in [-0.05, 0) is 25.5 Å². The molecule has 0 unspecified atom stereocenters. The molecule has 0 saturated carbocycles. The van der Waals surface area contributed by atoms with Crippen LogP contribution >= 0.6 is 23.4 Å². The van der Waals surface area contributed by atoms with E-state index in [1.54, 1.807) is 19.9 Å². The highest BCUT2D eigenvalue weighted by atomic mass is 35.5. The number of hydrogen-bond donors (Lipinski definition) is 3. The summed E-state index contributed by atoms with van der Waals surface area (Å²) < 4.78 is -0.729. The minimum Gasteiger partial charge on any atom is -0.480 e. The van der Waals surface area contributed by atoms with E-state index in [0.29, 0.717) is 11.6 Å². The third-order valence-electron chi connectivity index (χ3n) is 3.02. The zero-order valence-electron chi connectivity index (χ0n) is 11.9. The third-order valence-corrected chi connectivity index (χ3v) is 4.80. The second-order valence-electron chi connectivity index (χ2n) is 5.08. The van der Waals surface area contributed by atoms with Gasteiger partial charge in [-0.1, -0.05) is 29.8 Å². The largest absolute Gasteiger partial charge is 0.480 e. The number of carbonyl (C=O) groups excluding carboxylic acids is 1. The van der Waals surface area contributed by atoms with E-state index >= 15 is 0 Å². The molecule has 0 fully saturated rings. The van der Waals surface area contributed by atoms with Crippen LogP contribution in [0.3, 0.4) is 0 Å². The number of halogens is 1. The topological polar surface area (TPSA) is 92.4 Å². The molecule has 1 aromatic carbocycles. The zero-order chi connectivity index (χ0) is 16.0. The van der Waals surface area contributed by atoms with Crippen LogP contribution in [0.5, 0.6) is 0 Å². The molecule has 116 valence electrons. The number of carboxylic acid groups (broad SMARTS) is 1. The number of thioether (sulfide) groups is 1. The van der Waals surface area contributed by atoms with Crippen LogP contribution in [0.1, 0.15) is 19.4 Å². The summed E-state index contributed by atoms with van der Waals surface area (Å²) in [6.45, 7) is 3.75. The summed E-state index contributed by atoms with van der Waals surface area (Å²) in [5, 5.41) is 12.3. The van der Waals surface area contributed by atoms with Gasteiger partial charge < -0.3 is 16.2 Å². The Kier molecular flexibility index (Phi) is 6.51. The van der Waals surface area contributed by atoms with Gasteiger partial charge in [0.1, 0.15) is 6.04 Å². The van der Waals surface area contributed by atoms with Crippen LogP contribution in [0, 0.1) is 0 Å². The lowest BCUT2D eigenvalue weighted by molar-refractivity contribution is -0.139. The third kappa shape index (κ3) is 5.57. The maximum absolute atomic E-state index is 11.8. The molecule has 0 bridgehead atoms. The number of carbonyl (C=O) groups is 2. The summed E-state index contributed by atoms with van der Waals surface area (Å²) >= 11 is 7.21. The molecular formula is C14H19ClN2O3S. The lowest BCUT2D eigenvalue weighted by Crippen LogP contribution is -2.47. The summed E-state index contributed by atoms with van der Waals surface area (Å²) in [4.78, 5) is 22.7. The highest BCUT2D eigenvalue weighted by molar-refractivity contribution is 8.01. The van der Waals surface area contributed by atoms with E-state index < -0.39 is 16.8 Å². The molecule has 0 spiro atoms. The van der Waals surface area contributed by atoms with E-state index in [-0.39, 0.29) is 11.7 Å². The van der Waals surface area contributed by atoms with E-state index in [1.807, 2.05) is 18.2 Å². The molecule has 1 amide bonds. The van der Waals surface area contributed by atoms with Crippen molar-refractivity contribution in [3.05, 3.63) is 34.9 Å². The molecular weight excluding hydrogens is 312 g/mol. The zero-order valence-corrected chi connectivity index (χ0v) is 13.5. The van der Waals surface area contributed by atoms with Crippen molar-refractivity contribution >= 4 is 35.2 Å². The monoisotopic (exact) mass is 330 g/mol. The summed E-state index contributed by atoms with van der Waals surface area (Å²) in [6, 6.07) is 6.22. The molecule has 4 N–H and O–H groups in total. The van der Waals surface area contributed by atoms with E-state index in [4.69, 9.17) is 22.4 Å². The Bertz CT molecular complexity index is 523. The first kappa shape index (κ1) is 17.8. The van der Waals surface area contributed by atoms with Crippen molar-refractivity contribution in [2.45, 2.75) is 31.2 Å². The lowest BCUT2D eigenvalue weighted by Gasteiger charge is -2.27. The first-order chi connectivity index (χ1) is 9.74. The maximum atomic E-state index is 11.8. The first-order valence-corrected chi connectivity index (χ1v) is 7.73. The molecule has 0 aliphatic rings. The number of amides is 1. The molecule has 21 heavy (non-hydrogen) atoms. The minimum atomic E-state index is -1.08. The molecule has 1 atom stereocenters. The van der Waals surface area contributed by atoms with Crippen molar-refractivity contribution in [1.29, 1.82) is 0 Å². The van der Waals surface area contributed by atoms with E-state index in [2.05, 4.69) is 5.32 Å². The molecule has 5 nitrogen and oxygen atoms in total. The Morgan fingerprint density at radius 1 is 1.43 bits per heavy atom. The van der Waals surface area contributed by atoms with Crippen molar-refractivity contribution in [3.63, 3.8) is 0 Å². The number of rotatable bonds is 7. The van der Waals surface area contributed by atoms with E-state index in [9.17, 15) is 9.59 Å². The fraction of sp³-hybridized carbons (Fsp3) is 0.429. The van der Waals surface area contributed by atoms with Gasteiger partial charge in [-0.25, -0.2) is 0 Å². The van der Waals surface area contributed by atoms with Crippen LogP contribution in [-0.2, 0) is 16.1 Å². The fourth-order valence-corrected chi connectivity index (χ4v) is 2.61. The van der Waals surface area contributed by atoms with Gasteiger partial charge in [0.15, 0.2) is 0 Å². The molecule has 7 heteroatoms. The number of nitrogens with one attached hydrogen (secondary N) is 1. The molecule has 1 rings (SSSR count). The number of benzene rings is 1. The molecule has 1 aromatic rings. The summed E-state index contributed by atoms with van der Waals surface area (Å²) in [5.74, 6) is -1.13. The normalized spacial score (nSPS) is 12.8. The first-order valence-electron chi connectivity index (χ1n) is 6.36. The molecule has 0 heterocycles. The molecule has 0 aromatic heterocycles. The lowest BCUT2D eigenvalue weighted by atomic mass is 10.1. The Morgan fingerprint density at radius 3 is 2.62 bits per heavy atom. The number of aliphatic carboxylic acids is 1. The van der Waals surface area contributed by atoms with Crippen molar-refractivity contribution in [3.8, 4) is 0 Å². The van der Waals surface area contributed by atoms with Crippen LogP contribution in [0.2, 0.25) is 5.02 Å².